The molecule has 1 aliphatic carbocycles. The van der Waals surface area contributed by atoms with Gasteiger partial charge in [-0.25, -0.2) is 4.79 Å². The van der Waals surface area contributed by atoms with Gasteiger partial charge >= 0.3 is 6.03 Å². The van der Waals surface area contributed by atoms with Gasteiger partial charge in [0, 0.05) is 18.5 Å². The number of halogens is 1. The first-order valence-electron chi connectivity index (χ1n) is 8.05. The highest BCUT2D eigenvalue weighted by atomic mass is 35.5. The Balaban J connectivity index is 1.69. The molecule has 1 aromatic rings. The monoisotopic (exact) mass is 342 g/mol. The van der Waals surface area contributed by atoms with E-state index in [1.54, 1.807) is 0 Å². The summed E-state index contributed by atoms with van der Waals surface area (Å²) in [6.45, 7) is 3.00. The molecular formula is C16H23ClN2O2S. The first-order valence-corrected chi connectivity index (χ1v) is 9.30. The van der Waals surface area contributed by atoms with Crippen molar-refractivity contribution in [3.05, 3.63) is 15.8 Å². The second kappa shape index (κ2) is 6.77. The molecule has 2 aliphatic rings. The van der Waals surface area contributed by atoms with Gasteiger partial charge in [-0.15, -0.1) is 11.3 Å². The number of nitrogens with one attached hydrogen (secondary N) is 1. The van der Waals surface area contributed by atoms with Crippen LogP contribution in [-0.2, 0) is 0 Å². The minimum absolute atomic E-state index is 0.0896. The molecule has 122 valence electrons. The van der Waals surface area contributed by atoms with Crippen LogP contribution in [0.5, 0.6) is 0 Å². The van der Waals surface area contributed by atoms with Crippen molar-refractivity contribution in [2.75, 3.05) is 11.9 Å². The summed E-state index contributed by atoms with van der Waals surface area (Å²) in [7, 11) is 0. The molecule has 6 heteroatoms. The van der Waals surface area contributed by atoms with Crippen LogP contribution in [0.15, 0.2) is 11.4 Å². The van der Waals surface area contributed by atoms with Crippen molar-refractivity contribution in [1.29, 1.82) is 0 Å². The number of rotatable bonds is 2. The zero-order chi connectivity index (χ0) is 15.7. The number of anilines is 1. The van der Waals surface area contributed by atoms with Gasteiger partial charge in [-0.1, -0.05) is 18.5 Å². The lowest BCUT2D eigenvalue weighted by Crippen LogP contribution is -2.47. The third-order valence-corrected chi connectivity index (χ3v) is 6.21. The topological polar surface area (TPSA) is 52.6 Å². The molecule has 2 heterocycles. The van der Waals surface area contributed by atoms with Crippen molar-refractivity contribution in [3.63, 3.8) is 0 Å². The summed E-state index contributed by atoms with van der Waals surface area (Å²) in [6, 6.07) is 1.89. The van der Waals surface area contributed by atoms with E-state index in [1.807, 2.05) is 16.3 Å². The van der Waals surface area contributed by atoms with Crippen LogP contribution in [0.3, 0.4) is 0 Å². The Hall–Kier alpha value is -0.780. The fourth-order valence-corrected chi connectivity index (χ4v) is 4.72. The van der Waals surface area contributed by atoms with Gasteiger partial charge in [0.1, 0.15) is 4.34 Å². The first-order chi connectivity index (χ1) is 10.6. The highest BCUT2D eigenvalue weighted by molar-refractivity contribution is 7.15. The minimum Gasteiger partial charge on any atom is -0.393 e. The van der Waals surface area contributed by atoms with Gasteiger partial charge < -0.3 is 15.3 Å². The number of thiophene rings is 1. The number of urea groups is 1. The molecule has 1 saturated carbocycles. The molecule has 0 bridgehead atoms. The number of amides is 2. The standard InChI is InChI=1S/C16H23ClN2O2S/c1-10-4-5-14(20)11(9-10)13-3-2-7-19(13)16(21)18-12-6-8-22-15(12)17/h6,8,10-11,13-14,20H,2-5,7,9H2,1H3,(H,18,21)/t10-,11+,13+,14+/m1/s1. The largest absolute Gasteiger partial charge is 0.393 e. The highest BCUT2D eigenvalue weighted by Crippen LogP contribution is 2.37. The number of nitrogens with zero attached hydrogens (tertiary/aromatic N) is 1. The van der Waals surface area contributed by atoms with Crippen molar-refractivity contribution in [2.45, 2.75) is 51.2 Å². The number of carbonyl (C=O) groups excluding carboxylic acids is 1. The number of likely N-dealkylation sites (tertiary alicyclic amines) is 1. The van der Waals surface area contributed by atoms with Gasteiger partial charge in [-0.05, 0) is 49.5 Å². The SMILES string of the molecule is C[C@@H]1CC[C@H](O)[C@H]([C@@H]2CCCN2C(=O)Nc2ccsc2Cl)C1. The summed E-state index contributed by atoms with van der Waals surface area (Å²) in [5, 5.41) is 15.1. The Kier molecular flexibility index (Phi) is 4.95. The summed E-state index contributed by atoms with van der Waals surface area (Å²) in [4.78, 5) is 14.5. The fourth-order valence-electron chi connectivity index (χ4n) is 3.88. The normalized spacial score (nSPS) is 32.2. The van der Waals surface area contributed by atoms with Gasteiger partial charge in [-0.3, -0.25) is 0 Å². The van der Waals surface area contributed by atoms with Crippen LogP contribution < -0.4 is 5.32 Å². The van der Waals surface area contributed by atoms with Crippen LogP contribution in [0.4, 0.5) is 10.5 Å². The molecule has 2 fully saturated rings. The van der Waals surface area contributed by atoms with E-state index < -0.39 is 0 Å². The number of hydrogen-bond donors (Lipinski definition) is 2. The molecule has 0 spiro atoms. The molecule has 4 atom stereocenters. The number of aliphatic hydroxyl groups is 1. The summed E-state index contributed by atoms with van der Waals surface area (Å²) in [5.41, 5.74) is 0.680. The van der Waals surface area contributed by atoms with Crippen LogP contribution in [0, 0.1) is 11.8 Å². The third kappa shape index (κ3) is 3.26. The average molecular weight is 343 g/mol. The molecule has 1 aliphatic heterocycles. The quantitative estimate of drug-likeness (QED) is 0.846. The molecule has 1 saturated heterocycles. The number of carbonyl (C=O) groups is 1. The van der Waals surface area contributed by atoms with E-state index in [2.05, 4.69) is 12.2 Å². The van der Waals surface area contributed by atoms with E-state index in [0.29, 0.717) is 15.9 Å². The van der Waals surface area contributed by atoms with Crippen molar-refractivity contribution < 1.29 is 9.90 Å². The number of hydrogen-bond acceptors (Lipinski definition) is 3. The molecule has 2 amide bonds. The van der Waals surface area contributed by atoms with Gasteiger partial charge in [0.25, 0.3) is 0 Å². The maximum atomic E-state index is 12.6. The number of aliphatic hydroxyl groups excluding tert-OH is 1. The maximum Gasteiger partial charge on any atom is 0.322 e. The molecular weight excluding hydrogens is 320 g/mol. The second-order valence-corrected chi connectivity index (χ2v) is 8.11. The Morgan fingerprint density at radius 1 is 1.45 bits per heavy atom. The summed E-state index contributed by atoms with van der Waals surface area (Å²) in [5.74, 6) is 0.833. The zero-order valence-electron chi connectivity index (χ0n) is 12.8. The lowest BCUT2D eigenvalue weighted by Gasteiger charge is -2.39. The Morgan fingerprint density at radius 3 is 3.00 bits per heavy atom. The molecule has 0 radical (unpaired) electrons. The minimum atomic E-state index is -0.278. The van der Waals surface area contributed by atoms with E-state index in [-0.39, 0.29) is 24.1 Å². The lowest BCUT2D eigenvalue weighted by molar-refractivity contribution is 0.0165. The predicted molar refractivity (Wildman–Crippen MR) is 90.6 cm³/mol. The molecule has 0 aromatic carbocycles. The van der Waals surface area contributed by atoms with E-state index in [0.717, 1.165) is 38.6 Å². The molecule has 22 heavy (non-hydrogen) atoms. The highest BCUT2D eigenvalue weighted by Gasteiger charge is 2.40. The van der Waals surface area contributed by atoms with Crippen LogP contribution in [0.1, 0.15) is 39.0 Å². The Labute approximate surface area is 140 Å². The predicted octanol–water partition coefficient (Wildman–Crippen LogP) is 4.19. The zero-order valence-corrected chi connectivity index (χ0v) is 14.4. The summed E-state index contributed by atoms with van der Waals surface area (Å²) in [6.07, 6.45) is 4.66. The van der Waals surface area contributed by atoms with Gasteiger partial charge in [-0.2, -0.15) is 0 Å². The van der Waals surface area contributed by atoms with Crippen LogP contribution in [0.25, 0.3) is 0 Å². The molecule has 1 aromatic heterocycles. The maximum absolute atomic E-state index is 12.6. The van der Waals surface area contributed by atoms with Crippen LogP contribution in [-0.4, -0.2) is 34.7 Å². The average Bonchev–Trinajstić information content (AvgIpc) is 3.11. The van der Waals surface area contributed by atoms with E-state index >= 15 is 0 Å². The molecule has 4 nitrogen and oxygen atoms in total. The van der Waals surface area contributed by atoms with Crippen LogP contribution >= 0.6 is 22.9 Å². The van der Waals surface area contributed by atoms with Gasteiger partial charge in [0.15, 0.2) is 0 Å². The third-order valence-electron chi connectivity index (χ3n) is 5.04. The first kappa shape index (κ1) is 16.1. The molecule has 2 N–H and O–H groups in total. The van der Waals surface area contributed by atoms with Gasteiger partial charge in [0.2, 0.25) is 0 Å². The molecule has 0 unspecified atom stereocenters. The van der Waals surface area contributed by atoms with Gasteiger partial charge in [0.05, 0.1) is 11.8 Å². The molecule has 3 rings (SSSR count). The van der Waals surface area contributed by atoms with Crippen molar-refractivity contribution in [2.24, 2.45) is 11.8 Å². The van der Waals surface area contributed by atoms with E-state index in [4.69, 9.17) is 11.6 Å². The second-order valence-electron chi connectivity index (χ2n) is 6.59. The lowest BCUT2D eigenvalue weighted by atomic mass is 9.76. The van der Waals surface area contributed by atoms with Crippen LogP contribution in [0.2, 0.25) is 4.34 Å². The Morgan fingerprint density at radius 2 is 2.27 bits per heavy atom. The van der Waals surface area contributed by atoms with E-state index in [9.17, 15) is 9.90 Å². The summed E-state index contributed by atoms with van der Waals surface area (Å²) >= 11 is 7.47. The smallest absolute Gasteiger partial charge is 0.322 e. The Bertz CT molecular complexity index is 536. The van der Waals surface area contributed by atoms with Crippen molar-refractivity contribution >= 4 is 34.7 Å². The fraction of sp³-hybridized carbons (Fsp3) is 0.688. The van der Waals surface area contributed by atoms with E-state index in [1.165, 1.54) is 11.3 Å². The van der Waals surface area contributed by atoms with Crippen molar-refractivity contribution in [1.82, 2.24) is 4.90 Å². The summed E-state index contributed by atoms with van der Waals surface area (Å²) < 4.78 is 0.607. The van der Waals surface area contributed by atoms with Crippen molar-refractivity contribution in [3.8, 4) is 0 Å².